The number of para-hydroxylation sites is 2. The molecule has 0 radical (unpaired) electrons. The van der Waals surface area contributed by atoms with Crippen LogP contribution in [0.1, 0.15) is 29.4 Å². The third-order valence-corrected chi connectivity index (χ3v) is 6.28. The van der Waals surface area contributed by atoms with E-state index in [4.69, 9.17) is 9.84 Å². The van der Waals surface area contributed by atoms with Gasteiger partial charge in [0.2, 0.25) is 5.91 Å². The maximum absolute atomic E-state index is 12.4. The van der Waals surface area contributed by atoms with Gasteiger partial charge >= 0.3 is 0 Å². The summed E-state index contributed by atoms with van der Waals surface area (Å²) >= 11 is 0. The molecule has 1 aromatic heterocycles. The Labute approximate surface area is 188 Å². The van der Waals surface area contributed by atoms with Gasteiger partial charge in [-0.2, -0.15) is 5.10 Å². The normalized spacial score (nSPS) is 15.4. The summed E-state index contributed by atoms with van der Waals surface area (Å²) < 4.78 is 7.94. The summed E-state index contributed by atoms with van der Waals surface area (Å²) in [5, 5.41) is 4.81. The number of fused-ring (bicyclic) bond motifs is 2. The molecule has 2 aliphatic heterocycles. The van der Waals surface area contributed by atoms with Crippen LogP contribution in [0, 0.1) is 0 Å². The van der Waals surface area contributed by atoms with Crippen molar-refractivity contribution in [1.29, 1.82) is 0 Å². The summed E-state index contributed by atoms with van der Waals surface area (Å²) in [5.74, 6) is 0.975. The van der Waals surface area contributed by atoms with Crippen LogP contribution in [0.4, 0.5) is 5.69 Å². The van der Waals surface area contributed by atoms with Crippen molar-refractivity contribution in [3.05, 3.63) is 82.7 Å². The largest absolute Gasteiger partial charge is 0.489 e. The molecule has 2 aliphatic rings. The maximum Gasteiger partial charge on any atom is 0.224 e. The smallest absolute Gasteiger partial charge is 0.224 e. The Morgan fingerprint density at radius 1 is 1.12 bits per heavy atom. The Bertz CT molecular complexity index is 1170. The van der Waals surface area contributed by atoms with E-state index in [0.29, 0.717) is 13.2 Å². The number of benzene rings is 2. The van der Waals surface area contributed by atoms with Gasteiger partial charge < -0.3 is 9.64 Å². The van der Waals surface area contributed by atoms with E-state index in [1.54, 1.807) is 11.8 Å². The minimum Gasteiger partial charge on any atom is -0.489 e. The van der Waals surface area contributed by atoms with E-state index >= 15 is 0 Å². The summed E-state index contributed by atoms with van der Waals surface area (Å²) in [6.45, 7) is 5.42. The highest BCUT2D eigenvalue weighted by molar-refractivity contribution is 5.91. The van der Waals surface area contributed by atoms with Crippen LogP contribution in [0.5, 0.6) is 5.75 Å². The molecule has 3 aromatic rings. The van der Waals surface area contributed by atoms with Crippen LogP contribution in [0.2, 0.25) is 0 Å². The van der Waals surface area contributed by atoms with Gasteiger partial charge in [0, 0.05) is 62.5 Å². The van der Waals surface area contributed by atoms with E-state index in [1.807, 2.05) is 60.3 Å². The highest BCUT2D eigenvalue weighted by atomic mass is 16.5. The van der Waals surface area contributed by atoms with E-state index in [-0.39, 0.29) is 5.91 Å². The van der Waals surface area contributed by atoms with Crippen molar-refractivity contribution < 1.29 is 9.53 Å². The van der Waals surface area contributed by atoms with Gasteiger partial charge in [0.05, 0.1) is 12.2 Å². The molecular formula is C26H28N4O2. The molecule has 6 heteroatoms. The second-order valence-corrected chi connectivity index (χ2v) is 8.53. The Balaban J connectivity index is 1.36. The predicted molar refractivity (Wildman–Crippen MR) is 125 cm³/mol. The zero-order chi connectivity index (χ0) is 22.1. The first-order chi connectivity index (χ1) is 15.6. The predicted octanol–water partition coefficient (Wildman–Crippen LogP) is 3.81. The van der Waals surface area contributed by atoms with Gasteiger partial charge in [0.25, 0.3) is 0 Å². The second kappa shape index (κ2) is 8.63. The van der Waals surface area contributed by atoms with Gasteiger partial charge in [-0.25, -0.2) is 0 Å². The zero-order valence-electron chi connectivity index (χ0n) is 18.6. The van der Waals surface area contributed by atoms with E-state index in [0.717, 1.165) is 48.7 Å². The van der Waals surface area contributed by atoms with Crippen molar-refractivity contribution in [3.63, 3.8) is 0 Å². The molecule has 0 aliphatic carbocycles. The topological polar surface area (TPSA) is 50.6 Å². The molecule has 1 amide bonds. The molecule has 5 rings (SSSR count). The summed E-state index contributed by atoms with van der Waals surface area (Å²) in [4.78, 5) is 16.7. The fourth-order valence-corrected chi connectivity index (χ4v) is 4.67. The molecular weight excluding hydrogens is 400 g/mol. The fraction of sp³-hybridized carbons (Fsp3) is 0.308. The molecule has 0 spiro atoms. The molecule has 0 bridgehead atoms. The molecule has 0 saturated carbocycles. The third kappa shape index (κ3) is 4.06. The lowest BCUT2D eigenvalue weighted by Crippen LogP contribution is -2.35. The molecule has 3 heterocycles. The number of ether oxygens (including phenoxy) is 1. The number of aryl methyl sites for hydroxylation is 1. The Kier molecular flexibility index (Phi) is 5.53. The molecule has 0 fully saturated rings. The first-order valence-electron chi connectivity index (χ1n) is 11.1. The summed E-state index contributed by atoms with van der Waals surface area (Å²) in [7, 11) is 2.01. The number of hydrogen-bond acceptors (Lipinski definition) is 4. The number of carbonyl (C=O) groups excluding carboxylic acids is 1. The molecule has 164 valence electrons. The average Bonchev–Trinajstić information content (AvgIpc) is 3.12. The monoisotopic (exact) mass is 428 g/mol. The quantitative estimate of drug-likeness (QED) is 0.620. The molecule has 6 nitrogen and oxygen atoms in total. The lowest BCUT2D eigenvalue weighted by atomic mass is 10.0. The SMILES string of the molecule is CC(=O)N(Cc1nn(C)c2c1CN(CC1=Cc3ccccc3OC1)CC2)c1ccccc1. The first-order valence-corrected chi connectivity index (χ1v) is 11.1. The van der Waals surface area contributed by atoms with Crippen molar-refractivity contribution in [1.82, 2.24) is 14.7 Å². The van der Waals surface area contributed by atoms with E-state index in [9.17, 15) is 4.79 Å². The number of nitrogens with zero attached hydrogens (tertiary/aromatic N) is 4. The fourth-order valence-electron chi connectivity index (χ4n) is 4.67. The average molecular weight is 429 g/mol. The van der Waals surface area contributed by atoms with Gasteiger partial charge in [-0.3, -0.25) is 14.4 Å². The van der Waals surface area contributed by atoms with Crippen LogP contribution in [-0.2, 0) is 31.4 Å². The standard InChI is InChI=1S/C26H28N4O2/c1-19(31)30(22-9-4-3-5-10-22)17-24-23-16-29(13-12-25(23)28(2)27-24)15-20-14-21-8-6-7-11-26(21)32-18-20/h3-11,14H,12-13,15-18H2,1-2H3. The Morgan fingerprint density at radius 2 is 1.91 bits per heavy atom. The third-order valence-electron chi connectivity index (χ3n) is 6.28. The Morgan fingerprint density at radius 3 is 2.72 bits per heavy atom. The van der Waals surface area contributed by atoms with Crippen LogP contribution in [0.25, 0.3) is 6.08 Å². The van der Waals surface area contributed by atoms with E-state index in [1.165, 1.54) is 16.8 Å². The first kappa shape index (κ1) is 20.5. The Hall–Kier alpha value is -3.38. The zero-order valence-corrected chi connectivity index (χ0v) is 18.6. The summed E-state index contributed by atoms with van der Waals surface area (Å²) in [6.07, 6.45) is 3.21. The van der Waals surface area contributed by atoms with E-state index < -0.39 is 0 Å². The van der Waals surface area contributed by atoms with Crippen molar-refractivity contribution in [2.45, 2.75) is 26.4 Å². The highest BCUT2D eigenvalue weighted by Gasteiger charge is 2.26. The minimum atomic E-state index is 0.0199. The molecule has 0 unspecified atom stereocenters. The second-order valence-electron chi connectivity index (χ2n) is 8.53. The molecule has 0 atom stereocenters. The minimum absolute atomic E-state index is 0.0199. The van der Waals surface area contributed by atoms with Crippen LogP contribution in [0.15, 0.2) is 60.2 Å². The van der Waals surface area contributed by atoms with Crippen molar-refractivity contribution in [2.75, 3.05) is 24.6 Å². The number of aromatic nitrogens is 2. The number of hydrogen-bond donors (Lipinski definition) is 0. The summed E-state index contributed by atoms with van der Waals surface area (Å²) in [6, 6.07) is 18.0. The van der Waals surface area contributed by atoms with Crippen LogP contribution >= 0.6 is 0 Å². The molecule has 0 saturated heterocycles. The molecule has 0 N–H and O–H groups in total. The van der Waals surface area contributed by atoms with Crippen LogP contribution in [0.3, 0.4) is 0 Å². The van der Waals surface area contributed by atoms with Gasteiger partial charge in [0.1, 0.15) is 12.4 Å². The lowest BCUT2D eigenvalue weighted by molar-refractivity contribution is -0.116. The van der Waals surface area contributed by atoms with Gasteiger partial charge in [-0.05, 0) is 29.8 Å². The number of amides is 1. The van der Waals surface area contributed by atoms with Gasteiger partial charge in [-0.15, -0.1) is 0 Å². The van der Waals surface area contributed by atoms with E-state index in [2.05, 4.69) is 17.0 Å². The van der Waals surface area contributed by atoms with Crippen LogP contribution in [-0.4, -0.2) is 40.3 Å². The number of carbonyl (C=O) groups is 1. The van der Waals surface area contributed by atoms with Crippen molar-refractivity contribution >= 4 is 17.7 Å². The molecule has 2 aromatic carbocycles. The van der Waals surface area contributed by atoms with Crippen LogP contribution < -0.4 is 9.64 Å². The number of anilines is 1. The number of rotatable bonds is 5. The van der Waals surface area contributed by atoms with Crippen molar-refractivity contribution in [2.24, 2.45) is 7.05 Å². The van der Waals surface area contributed by atoms with Gasteiger partial charge in [-0.1, -0.05) is 36.4 Å². The highest BCUT2D eigenvalue weighted by Crippen LogP contribution is 2.29. The van der Waals surface area contributed by atoms with Crippen molar-refractivity contribution in [3.8, 4) is 5.75 Å². The van der Waals surface area contributed by atoms with Gasteiger partial charge in [0.15, 0.2) is 0 Å². The summed E-state index contributed by atoms with van der Waals surface area (Å²) in [5.41, 5.74) is 6.83. The maximum atomic E-state index is 12.4. The lowest BCUT2D eigenvalue weighted by Gasteiger charge is -2.30. The molecule has 32 heavy (non-hydrogen) atoms.